The zero-order valence-electron chi connectivity index (χ0n) is 23.0. The van der Waals surface area contributed by atoms with Crippen LogP contribution in [0.1, 0.15) is 12.8 Å². The average molecular weight is 553 g/mol. The van der Waals surface area contributed by atoms with Gasteiger partial charge in [0.25, 0.3) is 0 Å². The first-order valence-electron chi connectivity index (χ1n) is 14.2. The van der Waals surface area contributed by atoms with Gasteiger partial charge in [0.05, 0.1) is 37.8 Å². The van der Waals surface area contributed by atoms with Crippen LogP contribution in [0, 0.1) is 11.8 Å². The summed E-state index contributed by atoms with van der Waals surface area (Å²) in [6, 6.07) is 8.41. The van der Waals surface area contributed by atoms with E-state index in [0.29, 0.717) is 45.7 Å². The number of aliphatic hydroxyl groups is 1. The Morgan fingerprint density at radius 3 is 2.48 bits per heavy atom. The second kappa shape index (κ2) is 12.2. The predicted octanol–water partition coefficient (Wildman–Crippen LogP) is 0.919. The Morgan fingerprint density at radius 2 is 1.80 bits per heavy atom. The number of benzene rings is 1. The smallest absolute Gasteiger partial charge is 0.248 e. The Labute approximate surface area is 235 Å². The first-order valence-corrected chi connectivity index (χ1v) is 14.2. The third-order valence-corrected chi connectivity index (χ3v) is 8.76. The molecule has 40 heavy (non-hydrogen) atoms. The molecule has 4 heterocycles. The first kappa shape index (κ1) is 28.5. The van der Waals surface area contributed by atoms with Crippen LogP contribution in [0.4, 0.5) is 5.69 Å². The number of para-hydroxylation sites is 1. The molecule has 1 spiro atoms. The second-order valence-electron chi connectivity index (χ2n) is 10.9. The van der Waals surface area contributed by atoms with Gasteiger partial charge in [0.1, 0.15) is 11.6 Å². The number of hydrogen-bond donors (Lipinski definition) is 1. The van der Waals surface area contributed by atoms with Crippen molar-refractivity contribution in [2.24, 2.45) is 11.8 Å². The maximum absolute atomic E-state index is 14.3. The Hall–Kier alpha value is -3.05. The van der Waals surface area contributed by atoms with Gasteiger partial charge in [-0.15, -0.1) is 13.2 Å². The molecule has 4 saturated heterocycles. The third-order valence-electron chi connectivity index (χ3n) is 8.76. The molecule has 2 unspecified atom stereocenters. The van der Waals surface area contributed by atoms with Crippen molar-refractivity contribution in [3.8, 4) is 0 Å². The Bertz CT molecular complexity index is 1110. The fraction of sp³-hybridized carbons (Fsp3) is 0.567. The second-order valence-corrected chi connectivity index (χ2v) is 10.9. The van der Waals surface area contributed by atoms with Crippen molar-refractivity contribution in [3.05, 3.63) is 55.6 Å². The number of fused-ring (bicyclic) bond motifs is 1. The molecule has 10 nitrogen and oxygen atoms in total. The lowest BCUT2D eigenvalue weighted by Gasteiger charge is -2.37. The predicted molar refractivity (Wildman–Crippen MR) is 149 cm³/mol. The maximum Gasteiger partial charge on any atom is 0.248 e. The van der Waals surface area contributed by atoms with Crippen LogP contribution in [0.5, 0.6) is 0 Å². The van der Waals surface area contributed by atoms with E-state index in [2.05, 4.69) is 18.1 Å². The van der Waals surface area contributed by atoms with Crippen molar-refractivity contribution in [1.29, 1.82) is 0 Å². The summed E-state index contributed by atoms with van der Waals surface area (Å²) in [5.41, 5.74) is -0.390. The number of rotatable bonds is 12. The van der Waals surface area contributed by atoms with Crippen molar-refractivity contribution >= 4 is 23.4 Å². The van der Waals surface area contributed by atoms with Crippen LogP contribution in [-0.2, 0) is 23.9 Å². The number of morpholine rings is 1. The molecule has 10 heteroatoms. The zero-order valence-corrected chi connectivity index (χ0v) is 23.0. The van der Waals surface area contributed by atoms with E-state index in [1.54, 1.807) is 22.0 Å². The highest BCUT2D eigenvalue weighted by atomic mass is 16.5. The van der Waals surface area contributed by atoms with Crippen molar-refractivity contribution < 1.29 is 29.0 Å². The molecular formula is C30H40N4O6. The summed E-state index contributed by atoms with van der Waals surface area (Å²) in [6.07, 6.45) is 3.99. The van der Waals surface area contributed by atoms with E-state index in [1.165, 1.54) is 4.90 Å². The van der Waals surface area contributed by atoms with Crippen LogP contribution in [0.25, 0.3) is 0 Å². The number of carbonyl (C=O) groups is 3. The highest BCUT2D eigenvalue weighted by molar-refractivity contribution is 6.03. The van der Waals surface area contributed by atoms with Gasteiger partial charge in [-0.1, -0.05) is 30.4 Å². The third kappa shape index (κ3) is 4.98. The summed E-state index contributed by atoms with van der Waals surface area (Å²) >= 11 is 0. The summed E-state index contributed by atoms with van der Waals surface area (Å²) in [6.45, 7) is 12.1. The minimum Gasteiger partial charge on any atom is -0.395 e. The fourth-order valence-electron chi connectivity index (χ4n) is 7.01. The molecule has 2 bridgehead atoms. The van der Waals surface area contributed by atoms with Crippen LogP contribution < -0.4 is 4.90 Å². The number of anilines is 1. The summed E-state index contributed by atoms with van der Waals surface area (Å²) < 4.78 is 12.0. The van der Waals surface area contributed by atoms with Crippen molar-refractivity contribution in [1.82, 2.24) is 14.7 Å². The monoisotopic (exact) mass is 552 g/mol. The SMILES string of the molecule is C=CCN(CCN1CCOCC1)C(=O)C1N(CCO)C(=O)[C@@H]2[C@H](C(=O)N(CC=C)c3ccccc3)[C@@H]3CCC12O3. The number of nitrogens with zero attached hydrogens (tertiary/aromatic N) is 4. The number of hydrogen-bond acceptors (Lipinski definition) is 7. The van der Waals surface area contributed by atoms with Gasteiger partial charge < -0.3 is 29.3 Å². The fourth-order valence-corrected chi connectivity index (χ4v) is 7.01. The lowest BCUT2D eigenvalue weighted by Crippen LogP contribution is -2.57. The van der Waals surface area contributed by atoms with Crippen molar-refractivity contribution in [3.63, 3.8) is 0 Å². The summed E-state index contributed by atoms with van der Waals surface area (Å²) in [4.78, 5) is 49.5. The Balaban J connectivity index is 1.44. The molecule has 216 valence electrons. The number of likely N-dealkylation sites (tertiary alicyclic amines) is 1. The molecular weight excluding hydrogens is 512 g/mol. The van der Waals surface area contributed by atoms with E-state index in [9.17, 15) is 19.5 Å². The van der Waals surface area contributed by atoms with Crippen molar-refractivity contribution in [2.45, 2.75) is 30.6 Å². The van der Waals surface area contributed by atoms with E-state index < -0.39 is 29.6 Å². The van der Waals surface area contributed by atoms with E-state index in [0.717, 1.165) is 18.8 Å². The average Bonchev–Trinajstić information content (AvgIpc) is 3.62. The molecule has 5 atom stereocenters. The van der Waals surface area contributed by atoms with E-state index in [1.807, 2.05) is 30.3 Å². The largest absolute Gasteiger partial charge is 0.395 e. The van der Waals surface area contributed by atoms with Gasteiger partial charge in [0, 0.05) is 51.5 Å². The van der Waals surface area contributed by atoms with E-state index in [-0.39, 0.29) is 37.4 Å². The molecule has 4 aliphatic rings. The Kier molecular flexibility index (Phi) is 8.70. The molecule has 1 N–H and O–H groups in total. The molecule has 5 rings (SSSR count). The minimum absolute atomic E-state index is 0.00285. The Morgan fingerprint density at radius 1 is 1.07 bits per heavy atom. The normalized spacial score (nSPS) is 29.3. The van der Waals surface area contributed by atoms with E-state index in [4.69, 9.17) is 9.47 Å². The quantitative estimate of drug-likeness (QED) is 0.385. The molecule has 1 aromatic rings. The van der Waals surface area contributed by atoms with Gasteiger partial charge >= 0.3 is 0 Å². The van der Waals surface area contributed by atoms with Gasteiger partial charge in [-0.3, -0.25) is 19.3 Å². The maximum atomic E-state index is 14.3. The molecule has 3 amide bonds. The number of carbonyl (C=O) groups excluding carboxylic acids is 3. The molecule has 1 aromatic carbocycles. The van der Waals surface area contributed by atoms with E-state index >= 15 is 0 Å². The number of amides is 3. The number of aliphatic hydroxyl groups excluding tert-OH is 1. The lowest BCUT2D eigenvalue weighted by molar-refractivity contribution is -0.148. The minimum atomic E-state index is -1.11. The molecule has 0 radical (unpaired) electrons. The lowest BCUT2D eigenvalue weighted by atomic mass is 9.70. The topological polar surface area (TPSA) is 103 Å². The standard InChI is InChI=1S/C30H40N4O6/c1-3-12-32(15-14-31-17-20-39-21-18-31)29(38)26-30-11-10-23(40-30)24(25(30)28(37)34(26)16-19-35)27(36)33(13-4-2)22-8-6-5-7-9-22/h3-9,23-26,35H,1-2,10-21H2/t23-,24+,25-,26?,30?/m0/s1. The van der Waals surface area contributed by atoms with Crippen LogP contribution >= 0.6 is 0 Å². The van der Waals surface area contributed by atoms with Gasteiger partial charge in [0.15, 0.2) is 0 Å². The van der Waals surface area contributed by atoms with Crippen LogP contribution in [0.15, 0.2) is 55.6 Å². The summed E-state index contributed by atoms with van der Waals surface area (Å²) in [7, 11) is 0. The molecule has 0 saturated carbocycles. The molecule has 0 aromatic heterocycles. The van der Waals surface area contributed by atoms with Gasteiger partial charge in [-0.05, 0) is 25.0 Å². The highest BCUT2D eigenvalue weighted by Gasteiger charge is 2.74. The molecule has 0 aliphatic carbocycles. The van der Waals surface area contributed by atoms with Crippen molar-refractivity contribution in [2.75, 3.05) is 70.5 Å². The summed E-state index contributed by atoms with van der Waals surface area (Å²) in [5.74, 6) is -2.24. The van der Waals surface area contributed by atoms with Gasteiger partial charge in [-0.25, -0.2) is 0 Å². The summed E-state index contributed by atoms with van der Waals surface area (Å²) in [5, 5.41) is 9.89. The van der Waals surface area contributed by atoms with Gasteiger partial charge in [0.2, 0.25) is 17.7 Å². The number of ether oxygens (including phenoxy) is 2. The molecule has 4 aliphatic heterocycles. The zero-order chi connectivity index (χ0) is 28.3. The number of β-amino-alcohol motifs (C(OH)–C–C–N with tert-alkyl or cyclic N) is 1. The first-order chi connectivity index (χ1) is 19.5. The molecule has 4 fully saturated rings. The van der Waals surface area contributed by atoms with Crippen LogP contribution in [0.2, 0.25) is 0 Å². The van der Waals surface area contributed by atoms with Gasteiger partial charge in [-0.2, -0.15) is 0 Å². The van der Waals surface area contributed by atoms with Crippen LogP contribution in [0.3, 0.4) is 0 Å². The highest BCUT2D eigenvalue weighted by Crippen LogP contribution is 2.59. The van der Waals surface area contributed by atoms with Crippen LogP contribution in [-0.4, -0.2) is 121 Å².